The molecule has 2 aromatic carbocycles. The number of benzene rings is 2. The van der Waals surface area contributed by atoms with E-state index in [-0.39, 0.29) is 24.0 Å². The molecule has 1 aliphatic carbocycles. The van der Waals surface area contributed by atoms with Crippen LogP contribution in [0.1, 0.15) is 55.6 Å². The van der Waals surface area contributed by atoms with Gasteiger partial charge >= 0.3 is 0 Å². The number of hydrogen-bond donors (Lipinski definition) is 0. The molecule has 5 rings (SSSR count). The average Bonchev–Trinajstić information content (AvgIpc) is 3.21. The highest BCUT2D eigenvalue weighted by atomic mass is 16.5. The number of hydrogen-bond acceptors (Lipinski definition) is 4. The van der Waals surface area contributed by atoms with Crippen LogP contribution in [0.5, 0.6) is 5.75 Å². The number of amides is 2. The van der Waals surface area contributed by atoms with E-state index in [0.29, 0.717) is 17.7 Å². The Labute approximate surface area is 200 Å². The number of ketones is 1. The summed E-state index contributed by atoms with van der Waals surface area (Å²) in [6, 6.07) is 13.9. The Morgan fingerprint density at radius 2 is 1.74 bits per heavy atom. The molecule has 3 atom stereocenters. The summed E-state index contributed by atoms with van der Waals surface area (Å²) in [5.74, 6) is 0.517. The maximum atomic E-state index is 14.2. The fourth-order valence-electron chi connectivity index (χ4n) is 6.37. The minimum Gasteiger partial charge on any atom is -0.497 e. The number of nitrogens with zero attached hydrogens (tertiary/aromatic N) is 2. The molecule has 2 heterocycles. The molecule has 3 aliphatic rings. The predicted octanol–water partition coefficient (Wildman–Crippen LogP) is 3.89. The van der Waals surface area contributed by atoms with Crippen LogP contribution in [-0.2, 0) is 21.5 Å². The Bertz CT molecular complexity index is 1220. The van der Waals surface area contributed by atoms with Crippen LogP contribution in [0.15, 0.2) is 60.2 Å². The van der Waals surface area contributed by atoms with E-state index in [9.17, 15) is 14.4 Å². The zero-order valence-electron chi connectivity index (χ0n) is 20.3. The van der Waals surface area contributed by atoms with Crippen molar-refractivity contribution in [1.82, 2.24) is 9.80 Å². The smallest absolute Gasteiger partial charge is 0.251 e. The van der Waals surface area contributed by atoms with Gasteiger partial charge in [-0.25, -0.2) is 0 Å². The lowest BCUT2D eigenvalue weighted by Gasteiger charge is -2.45. The monoisotopic (exact) mass is 458 g/mol. The number of rotatable bonds is 3. The molecular formula is C28H30N2O4. The minimum absolute atomic E-state index is 0.0189. The van der Waals surface area contributed by atoms with Crippen molar-refractivity contribution in [2.45, 2.75) is 63.7 Å². The molecule has 176 valence electrons. The number of likely N-dealkylation sites (tertiary alicyclic amines) is 2. The van der Waals surface area contributed by atoms with Crippen molar-refractivity contribution in [2.24, 2.45) is 0 Å². The first-order chi connectivity index (χ1) is 16.2. The van der Waals surface area contributed by atoms with Gasteiger partial charge in [-0.05, 0) is 51.0 Å². The lowest BCUT2D eigenvalue weighted by atomic mass is 9.61. The van der Waals surface area contributed by atoms with Crippen LogP contribution in [0.2, 0.25) is 0 Å². The van der Waals surface area contributed by atoms with E-state index >= 15 is 0 Å². The second-order valence-corrected chi connectivity index (χ2v) is 10.3. The van der Waals surface area contributed by atoms with Crippen molar-refractivity contribution < 1.29 is 19.1 Å². The van der Waals surface area contributed by atoms with Crippen LogP contribution >= 0.6 is 0 Å². The molecule has 0 saturated carbocycles. The van der Waals surface area contributed by atoms with Crippen molar-refractivity contribution in [3.05, 3.63) is 76.9 Å². The van der Waals surface area contributed by atoms with Gasteiger partial charge in [-0.1, -0.05) is 42.5 Å². The van der Waals surface area contributed by atoms with E-state index in [0.717, 1.165) is 16.9 Å². The summed E-state index contributed by atoms with van der Waals surface area (Å²) in [4.78, 5) is 44.9. The first-order valence-electron chi connectivity index (χ1n) is 11.7. The van der Waals surface area contributed by atoms with E-state index in [4.69, 9.17) is 4.74 Å². The molecule has 2 amide bonds. The van der Waals surface area contributed by atoms with Gasteiger partial charge in [0.25, 0.3) is 5.91 Å². The maximum Gasteiger partial charge on any atom is 0.251 e. The Morgan fingerprint density at radius 3 is 2.35 bits per heavy atom. The van der Waals surface area contributed by atoms with Crippen LogP contribution in [0.4, 0.5) is 0 Å². The number of allylic oxidation sites excluding steroid dienone is 1. The lowest BCUT2D eigenvalue weighted by molar-refractivity contribution is -0.142. The summed E-state index contributed by atoms with van der Waals surface area (Å²) in [5.41, 5.74) is 1.55. The molecule has 0 radical (unpaired) electrons. The van der Waals surface area contributed by atoms with Crippen molar-refractivity contribution in [2.75, 3.05) is 7.11 Å². The van der Waals surface area contributed by atoms with E-state index in [1.165, 1.54) is 0 Å². The highest BCUT2D eigenvalue weighted by molar-refractivity contribution is 6.12. The van der Waals surface area contributed by atoms with Crippen molar-refractivity contribution >= 4 is 17.6 Å². The summed E-state index contributed by atoms with van der Waals surface area (Å²) in [6.07, 6.45) is 2.06. The third-order valence-electron chi connectivity index (χ3n) is 7.56. The summed E-state index contributed by atoms with van der Waals surface area (Å²) < 4.78 is 5.27. The third kappa shape index (κ3) is 2.84. The second kappa shape index (κ2) is 7.55. The molecule has 34 heavy (non-hydrogen) atoms. The van der Waals surface area contributed by atoms with E-state index < -0.39 is 23.0 Å². The molecule has 2 aliphatic heterocycles. The van der Waals surface area contributed by atoms with Crippen LogP contribution in [-0.4, -0.2) is 52.1 Å². The Balaban J connectivity index is 1.73. The van der Waals surface area contributed by atoms with Crippen molar-refractivity contribution in [3.63, 3.8) is 0 Å². The van der Waals surface area contributed by atoms with Gasteiger partial charge in [0.1, 0.15) is 11.8 Å². The van der Waals surface area contributed by atoms with Crippen LogP contribution in [0.25, 0.3) is 0 Å². The molecule has 3 unspecified atom stereocenters. The second-order valence-electron chi connectivity index (χ2n) is 10.3. The molecule has 0 aromatic heterocycles. The molecule has 2 fully saturated rings. The van der Waals surface area contributed by atoms with Gasteiger partial charge in [0.05, 0.1) is 18.6 Å². The molecular weight excluding hydrogens is 428 g/mol. The summed E-state index contributed by atoms with van der Waals surface area (Å²) >= 11 is 0. The number of fused-ring (bicyclic) bond motifs is 1. The zero-order valence-corrected chi connectivity index (χ0v) is 20.3. The van der Waals surface area contributed by atoms with Crippen molar-refractivity contribution in [3.8, 4) is 5.75 Å². The van der Waals surface area contributed by atoms with Gasteiger partial charge in [0.15, 0.2) is 5.78 Å². The van der Waals surface area contributed by atoms with Crippen LogP contribution in [0.3, 0.4) is 0 Å². The number of methoxy groups -OCH3 is 1. The number of carbonyl (C=O) groups is 3. The fraction of sp³-hybridized carbons (Fsp3) is 0.393. The molecule has 6 nitrogen and oxygen atoms in total. The predicted molar refractivity (Wildman–Crippen MR) is 129 cm³/mol. The molecule has 0 N–H and O–H groups in total. The summed E-state index contributed by atoms with van der Waals surface area (Å²) in [7, 11) is 1.61. The quantitative estimate of drug-likeness (QED) is 0.655. The van der Waals surface area contributed by atoms with E-state index in [2.05, 4.69) is 0 Å². The highest BCUT2D eigenvalue weighted by Gasteiger charge is 2.72. The van der Waals surface area contributed by atoms with Gasteiger partial charge in [0.2, 0.25) is 5.91 Å². The Hall–Kier alpha value is -3.41. The summed E-state index contributed by atoms with van der Waals surface area (Å²) in [6.45, 7) is 8.15. The standard InChI is InChI=1S/C28H30N2O4/c1-6-20-25(32)29(16-17-11-13-18(34-5)14-12-17)24-26(33)30(27(2,3)4)23-15-22(31)19-9-7-8-10-21(19)28(20,23)24/h6-14,23-24H,15-16H2,1-5H3/b20-6+. The Morgan fingerprint density at radius 1 is 1.06 bits per heavy atom. The highest BCUT2D eigenvalue weighted by Crippen LogP contribution is 2.58. The Kier molecular flexibility index (Phi) is 4.97. The van der Waals surface area contributed by atoms with Gasteiger partial charge in [0, 0.05) is 29.6 Å². The van der Waals surface area contributed by atoms with E-state index in [1.54, 1.807) is 12.0 Å². The number of carbonyl (C=O) groups excluding carboxylic acids is 3. The maximum absolute atomic E-state index is 14.2. The first-order valence-corrected chi connectivity index (χ1v) is 11.7. The van der Waals surface area contributed by atoms with Crippen LogP contribution < -0.4 is 4.74 Å². The average molecular weight is 459 g/mol. The summed E-state index contributed by atoms with van der Waals surface area (Å²) in [5, 5.41) is 0. The van der Waals surface area contributed by atoms with Crippen LogP contribution in [0, 0.1) is 0 Å². The fourth-order valence-corrected chi connectivity index (χ4v) is 6.37. The SMILES string of the molecule is C/C=C1\C(=O)N(Cc2ccc(OC)cc2)C2C(=O)N(C(C)(C)C)C3CC(=O)c4ccccc4C123. The molecule has 0 bridgehead atoms. The normalized spacial score (nSPS) is 27.2. The van der Waals surface area contributed by atoms with E-state index in [1.807, 2.05) is 87.2 Å². The first kappa shape index (κ1) is 22.4. The van der Waals surface area contributed by atoms with Gasteiger partial charge in [-0.3, -0.25) is 14.4 Å². The van der Waals surface area contributed by atoms with Gasteiger partial charge < -0.3 is 14.5 Å². The minimum atomic E-state index is -0.882. The topological polar surface area (TPSA) is 66.9 Å². The third-order valence-corrected chi connectivity index (χ3v) is 7.56. The van der Waals surface area contributed by atoms with Crippen molar-refractivity contribution in [1.29, 1.82) is 0 Å². The lowest BCUT2D eigenvalue weighted by Crippen LogP contribution is -2.55. The van der Waals surface area contributed by atoms with Gasteiger partial charge in [-0.2, -0.15) is 0 Å². The zero-order chi connectivity index (χ0) is 24.4. The number of ether oxygens (including phenoxy) is 1. The molecule has 2 saturated heterocycles. The molecule has 2 aromatic rings. The molecule has 6 heteroatoms. The number of Topliss-reactive ketones (excluding diaryl/α,β-unsaturated/α-hetero) is 1. The molecule has 1 spiro atoms. The largest absolute Gasteiger partial charge is 0.497 e. The van der Waals surface area contributed by atoms with Gasteiger partial charge in [-0.15, -0.1) is 0 Å².